The summed E-state index contributed by atoms with van der Waals surface area (Å²) in [6, 6.07) is 6.69. The van der Waals surface area contributed by atoms with E-state index >= 15 is 0 Å². The van der Waals surface area contributed by atoms with Crippen LogP contribution < -0.4 is 0 Å². The number of fused-ring (bicyclic) bond motifs is 4. The fourth-order valence-electron chi connectivity index (χ4n) is 6.05. The number of rotatable bonds is 2. The summed E-state index contributed by atoms with van der Waals surface area (Å²) < 4.78 is 20.5. The molecule has 0 amide bonds. The molecule has 2 atom stereocenters. The molecule has 0 saturated heterocycles. The molecule has 160 valence electrons. The molecule has 1 aliphatic heterocycles. The topological polar surface area (TPSA) is 42.4 Å². The summed E-state index contributed by atoms with van der Waals surface area (Å²) in [6.45, 7) is 8.79. The van der Waals surface area contributed by atoms with E-state index in [4.69, 9.17) is 9.72 Å². The van der Waals surface area contributed by atoms with Crippen LogP contribution in [-0.4, -0.2) is 10.1 Å². The monoisotopic (exact) mass is 409 g/mol. The second-order valence-corrected chi connectivity index (χ2v) is 10.6. The predicted octanol–water partition coefficient (Wildman–Crippen LogP) is 6.24. The maximum atomic E-state index is 13.6. The fourth-order valence-corrected chi connectivity index (χ4v) is 6.05. The van der Waals surface area contributed by atoms with Gasteiger partial charge in [-0.05, 0) is 60.3 Å². The largest absolute Gasteiger partial charge is 0.388 e. The van der Waals surface area contributed by atoms with Crippen LogP contribution in [0, 0.1) is 11.2 Å². The van der Waals surface area contributed by atoms with Crippen molar-refractivity contribution >= 4 is 0 Å². The average Bonchev–Trinajstić information content (AvgIpc) is 3.26. The second-order valence-electron chi connectivity index (χ2n) is 10.6. The zero-order chi connectivity index (χ0) is 21.3. The van der Waals surface area contributed by atoms with Crippen molar-refractivity contribution in [2.24, 2.45) is 5.41 Å². The molecule has 3 aliphatic rings. The summed E-state index contributed by atoms with van der Waals surface area (Å²) in [4.78, 5) is 5.16. The highest BCUT2D eigenvalue weighted by Gasteiger charge is 2.52. The van der Waals surface area contributed by atoms with Gasteiger partial charge in [0.25, 0.3) is 0 Å². The molecule has 1 fully saturated rings. The molecule has 0 radical (unpaired) electrons. The van der Waals surface area contributed by atoms with Gasteiger partial charge in [-0.1, -0.05) is 52.7 Å². The number of ether oxygens (including phenoxy) is 1. The molecule has 1 saturated carbocycles. The Bertz CT molecular complexity index is 974. The molecule has 30 heavy (non-hydrogen) atoms. The van der Waals surface area contributed by atoms with E-state index < -0.39 is 6.10 Å². The molecule has 2 aliphatic carbocycles. The Kier molecular flexibility index (Phi) is 4.61. The number of pyridine rings is 1. The van der Waals surface area contributed by atoms with Gasteiger partial charge in [-0.15, -0.1) is 0 Å². The first-order valence-corrected chi connectivity index (χ1v) is 11.4. The van der Waals surface area contributed by atoms with Crippen LogP contribution in [0.3, 0.4) is 0 Å². The lowest BCUT2D eigenvalue weighted by Crippen LogP contribution is -2.32. The van der Waals surface area contributed by atoms with Gasteiger partial charge in [0.2, 0.25) is 0 Å². The van der Waals surface area contributed by atoms with Gasteiger partial charge in [-0.2, -0.15) is 0 Å². The number of aromatic nitrogens is 1. The summed E-state index contributed by atoms with van der Waals surface area (Å²) in [5.41, 5.74) is 6.15. The Morgan fingerprint density at radius 2 is 1.77 bits per heavy atom. The van der Waals surface area contributed by atoms with Crippen molar-refractivity contribution in [3.63, 3.8) is 0 Å². The molecule has 1 spiro atoms. The normalized spacial score (nSPS) is 26.2. The van der Waals surface area contributed by atoms with Crippen LogP contribution in [-0.2, 0) is 16.8 Å². The first-order valence-electron chi connectivity index (χ1n) is 11.4. The zero-order valence-electron chi connectivity index (χ0n) is 18.5. The van der Waals surface area contributed by atoms with E-state index in [0.717, 1.165) is 66.6 Å². The number of benzene rings is 1. The van der Waals surface area contributed by atoms with E-state index in [1.54, 1.807) is 0 Å². The molecule has 1 aromatic carbocycles. The molecule has 2 heterocycles. The lowest BCUT2D eigenvalue weighted by molar-refractivity contribution is -0.0580. The third-order valence-corrected chi connectivity index (χ3v) is 7.30. The molecule has 3 nitrogen and oxygen atoms in total. The van der Waals surface area contributed by atoms with E-state index in [9.17, 15) is 9.50 Å². The van der Waals surface area contributed by atoms with Crippen molar-refractivity contribution in [2.75, 3.05) is 0 Å². The van der Waals surface area contributed by atoms with Gasteiger partial charge < -0.3 is 9.84 Å². The second kappa shape index (κ2) is 6.86. The third-order valence-electron chi connectivity index (χ3n) is 7.30. The highest BCUT2D eigenvalue weighted by molar-refractivity contribution is 5.54. The average molecular weight is 410 g/mol. The number of nitrogens with zero attached hydrogens (tertiary/aromatic N) is 1. The van der Waals surface area contributed by atoms with Crippen molar-refractivity contribution in [2.45, 2.75) is 89.9 Å². The number of hydrogen-bond acceptors (Lipinski definition) is 3. The molecule has 0 bridgehead atoms. The highest BCUT2D eigenvalue weighted by atomic mass is 19.1. The van der Waals surface area contributed by atoms with Gasteiger partial charge in [-0.3, -0.25) is 4.98 Å². The van der Waals surface area contributed by atoms with Crippen LogP contribution in [0.4, 0.5) is 4.39 Å². The van der Waals surface area contributed by atoms with Crippen molar-refractivity contribution in [1.29, 1.82) is 0 Å². The van der Waals surface area contributed by atoms with E-state index in [-0.39, 0.29) is 28.9 Å². The minimum absolute atomic E-state index is 0.0283. The van der Waals surface area contributed by atoms with Gasteiger partial charge in [-0.25, -0.2) is 4.39 Å². The Balaban J connectivity index is 1.79. The van der Waals surface area contributed by atoms with Gasteiger partial charge >= 0.3 is 0 Å². The van der Waals surface area contributed by atoms with Crippen molar-refractivity contribution < 1.29 is 14.2 Å². The third kappa shape index (κ3) is 3.03. The van der Waals surface area contributed by atoms with Crippen molar-refractivity contribution in [1.82, 2.24) is 4.98 Å². The lowest BCUT2D eigenvalue weighted by atomic mass is 9.70. The molecular formula is C26H32FNO2. The predicted molar refractivity (Wildman–Crippen MR) is 115 cm³/mol. The molecule has 1 N–H and O–H groups in total. The minimum Gasteiger partial charge on any atom is -0.388 e. The Hall–Kier alpha value is -1.78. The first kappa shape index (κ1) is 20.1. The minimum atomic E-state index is -0.515. The SMILES string of the molecule is CC(C)c1nc2c(c3c1[C@@H](c1ccc(F)cc1)OC31CCCC1)[C@@H](O)CC(C)(C)C2. The van der Waals surface area contributed by atoms with Crippen LogP contribution >= 0.6 is 0 Å². The van der Waals surface area contributed by atoms with Crippen LogP contribution in [0.25, 0.3) is 0 Å². The van der Waals surface area contributed by atoms with Crippen LogP contribution in [0.5, 0.6) is 0 Å². The lowest BCUT2D eigenvalue weighted by Gasteiger charge is -2.38. The summed E-state index contributed by atoms with van der Waals surface area (Å²) in [5.74, 6) is 0.00665. The van der Waals surface area contributed by atoms with Crippen LogP contribution in [0.1, 0.15) is 112 Å². The van der Waals surface area contributed by atoms with E-state index in [2.05, 4.69) is 27.7 Å². The smallest absolute Gasteiger partial charge is 0.123 e. The van der Waals surface area contributed by atoms with E-state index in [1.165, 1.54) is 17.7 Å². The fraction of sp³-hybridized carbons (Fsp3) is 0.577. The first-order chi connectivity index (χ1) is 14.2. The van der Waals surface area contributed by atoms with Gasteiger partial charge in [0.1, 0.15) is 11.9 Å². The Morgan fingerprint density at radius 1 is 1.10 bits per heavy atom. The molecular weight excluding hydrogens is 377 g/mol. The quantitative estimate of drug-likeness (QED) is 0.638. The van der Waals surface area contributed by atoms with Crippen LogP contribution in [0.2, 0.25) is 0 Å². The van der Waals surface area contributed by atoms with E-state index in [1.807, 2.05) is 12.1 Å². The zero-order valence-corrected chi connectivity index (χ0v) is 18.5. The van der Waals surface area contributed by atoms with Gasteiger partial charge in [0.15, 0.2) is 0 Å². The molecule has 2 aromatic rings. The maximum Gasteiger partial charge on any atom is 0.123 e. The van der Waals surface area contributed by atoms with Crippen molar-refractivity contribution in [3.05, 3.63) is 63.7 Å². The molecule has 1 aromatic heterocycles. The summed E-state index contributed by atoms with van der Waals surface area (Å²) in [6.07, 6.45) is 5.06. The number of hydrogen-bond donors (Lipinski definition) is 1. The van der Waals surface area contributed by atoms with Gasteiger partial charge in [0.05, 0.1) is 11.7 Å². The molecule has 5 rings (SSSR count). The number of halogens is 1. The summed E-state index contributed by atoms with van der Waals surface area (Å²) >= 11 is 0. The van der Waals surface area contributed by atoms with Crippen LogP contribution in [0.15, 0.2) is 24.3 Å². The summed E-state index contributed by atoms with van der Waals surface area (Å²) in [5, 5.41) is 11.3. The van der Waals surface area contributed by atoms with E-state index in [0.29, 0.717) is 0 Å². The Morgan fingerprint density at radius 3 is 2.40 bits per heavy atom. The number of aliphatic hydroxyl groups is 1. The maximum absolute atomic E-state index is 13.6. The Labute approximate surface area is 178 Å². The molecule has 4 heteroatoms. The van der Waals surface area contributed by atoms with Gasteiger partial charge in [0, 0.05) is 22.5 Å². The number of aliphatic hydroxyl groups excluding tert-OH is 1. The highest BCUT2D eigenvalue weighted by Crippen LogP contribution is 2.59. The molecule has 0 unspecified atom stereocenters. The summed E-state index contributed by atoms with van der Waals surface area (Å²) in [7, 11) is 0. The van der Waals surface area contributed by atoms with Crippen molar-refractivity contribution in [3.8, 4) is 0 Å². The standard InChI is InChI=1S/C26H32FNO2/c1-15(2)23-21-22(20-18(28-23)13-25(3,4)14-19(20)29)26(11-5-6-12-26)30-24(21)16-7-9-17(27)10-8-16/h7-10,15,19,24,29H,5-6,11-14H2,1-4H3/t19-,24+/m0/s1.